The van der Waals surface area contributed by atoms with Crippen molar-refractivity contribution in [2.45, 2.75) is 26.2 Å². The number of sulfonamides is 1. The van der Waals surface area contributed by atoms with Gasteiger partial charge in [0.25, 0.3) is 0 Å². The van der Waals surface area contributed by atoms with Crippen LogP contribution in [0.4, 0.5) is 33.5 Å². The molecule has 0 aliphatic rings. The molecule has 14 nitrogen and oxygen atoms in total. The van der Waals surface area contributed by atoms with E-state index in [1.807, 2.05) is 45.0 Å². The average Bonchev–Trinajstić information content (AvgIpc) is 3.04. The number of urea groups is 1. The number of nitrogens with one attached hydrogen (secondary N) is 4. The van der Waals surface area contributed by atoms with Gasteiger partial charge in [0.2, 0.25) is 15.9 Å². The fourth-order valence-corrected chi connectivity index (χ4v) is 5.58. The summed E-state index contributed by atoms with van der Waals surface area (Å²) < 4.78 is 43.6. The Morgan fingerprint density at radius 1 is 0.820 bits per heavy atom. The fourth-order valence-electron chi connectivity index (χ4n) is 5.03. The molecular formula is C35H36N6O8S. The van der Waals surface area contributed by atoms with Crippen molar-refractivity contribution < 1.29 is 37.3 Å². The number of carboxylic acids is 1. The molecule has 2 heterocycles. The molecule has 0 spiro atoms. The van der Waals surface area contributed by atoms with E-state index in [0.717, 1.165) is 11.8 Å². The second-order valence-electron chi connectivity index (χ2n) is 12.1. The molecule has 5 aromatic rings. The SMILES string of the molecule is COc1nc(Nc2cc(Oc3ccc(NC(=O)Nc4cc(C(C)(C)C)cc(NS(C)(=O)=O)c4OC)c4ccccc34)ccn2)ccc1C(=O)O. The quantitative estimate of drug-likeness (QED) is 0.0937. The Bertz CT molecular complexity index is 2200. The first-order chi connectivity index (χ1) is 23.6. The van der Waals surface area contributed by atoms with Crippen LogP contribution in [0.3, 0.4) is 0 Å². The van der Waals surface area contributed by atoms with E-state index in [0.29, 0.717) is 39.6 Å². The van der Waals surface area contributed by atoms with Gasteiger partial charge in [-0.2, -0.15) is 4.98 Å². The topological polar surface area (TPSA) is 190 Å². The van der Waals surface area contributed by atoms with E-state index >= 15 is 0 Å². The van der Waals surface area contributed by atoms with Crippen molar-refractivity contribution in [1.29, 1.82) is 0 Å². The number of fused-ring (bicyclic) bond motifs is 1. The Morgan fingerprint density at radius 3 is 2.18 bits per heavy atom. The van der Waals surface area contributed by atoms with E-state index in [4.69, 9.17) is 14.2 Å². The lowest BCUT2D eigenvalue weighted by molar-refractivity contribution is 0.0692. The maximum atomic E-state index is 13.4. The Hall–Kier alpha value is -6.09. The lowest BCUT2D eigenvalue weighted by Gasteiger charge is -2.24. The largest absolute Gasteiger partial charge is 0.492 e. The highest BCUT2D eigenvalue weighted by Crippen LogP contribution is 2.40. The minimum absolute atomic E-state index is 0.0463. The number of aromatic nitrogens is 2. The van der Waals surface area contributed by atoms with Gasteiger partial charge in [-0.05, 0) is 53.4 Å². The molecule has 0 bridgehead atoms. The zero-order valence-electron chi connectivity index (χ0n) is 28.1. The number of carbonyl (C=O) groups is 2. The van der Waals surface area contributed by atoms with Gasteiger partial charge in [0.1, 0.15) is 28.7 Å². The van der Waals surface area contributed by atoms with Crippen LogP contribution in [0.15, 0.2) is 79.0 Å². The van der Waals surface area contributed by atoms with Gasteiger partial charge in [0, 0.05) is 23.0 Å². The number of anilines is 5. The minimum Gasteiger partial charge on any atom is -0.492 e. The number of rotatable bonds is 11. The summed E-state index contributed by atoms with van der Waals surface area (Å²) in [5.74, 6) is 0.615. The molecule has 0 saturated heterocycles. The molecular weight excluding hydrogens is 664 g/mol. The van der Waals surface area contributed by atoms with Gasteiger partial charge < -0.3 is 35.3 Å². The highest BCUT2D eigenvalue weighted by molar-refractivity contribution is 7.92. The molecule has 260 valence electrons. The van der Waals surface area contributed by atoms with Crippen molar-refractivity contribution in [3.63, 3.8) is 0 Å². The molecule has 2 aromatic heterocycles. The van der Waals surface area contributed by atoms with Crippen LogP contribution in [0, 0.1) is 0 Å². The number of amides is 2. The fraction of sp³-hybridized carbons (Fsp3) is 0.200. The summed E-state index contributed by atoms with van der Waals surface area (Å²) in [6.07, 6.45) is 2.58. The van der Waals surface area contributed by atoms with Crippen LogP contribution in [-0.2, 0) is 15.4 Å². The number of methoxy groups -OCH3 is 2. The van der Waals surface area contributed by atoms with E-state index in [1.165, 1.54) is 26.4 Å². The standard InChI is InChI=1S/C35H36N6O8S/c1-35(2,3)20-17-26(31(47-4)27(18-20)41-50(6,45)46)38-34(44)37-25-12-13-28(23-10-8-7-9-22(23)25)49-21-15-16-36-30(19-21)39-29-14-11-24(33(42)43)32(40-29)48-5/h7-19,41H,1-6H3,(H,42,43)(H,36,39,40)(H2,37,38,44). The molecule has 0 saturated carbocycles. The van der Waals surface area contributed by atoms with Crippen molar-refractivity contribution in [2.24, 2.45) is 0 Å². The summed E-state index contributed by atoms with van der Waals surface area (Å²) in [6, 6.07) is 19.9. The van der Waals surface area contributed by atoms with Gasteiger partial charge in [-0.25, -0.2) is 23.0 Å². The second-order valence-corrected chi connectivity index (χ2v) is 13.9. The number of hydrogen-bond donors (Lipinski definition) is 5. The zero-order chi connectivity index (χ0) is 36.2. The summed E-state index contributed by atoms with van der Waals surface area (Å²) >= 11 is 0. The van der Waals surface area contributed by atoms with Gasteiger partial charge >= 0.3 is 12.0 Å². The molecule has 0 radical (unpaired) electrons. The molecule has 2 amide bonds. The first-order valence-corrected chi connectivity index (χ1v) is 17.0. The molecule has 0 aliphatic carbocycles. The van der Waals surface area contributed by atoms with Crippen LogP contribution in [0.25, 0.3) is 10.8 Å². The molecule has 50 heavy (non-hydrogen) atoms. The van der Waals surface area contributed by atoms with E-state index in [-0.39, 0.29) is 34.0 Å². The van der Waals surface area contributed by atoms with Crippen molar-refractivity contribution in [1.82, 2.24) is 9.97 Å². The highest BCUT2D eigenvalue weighted by Gasteiger charge is 2.23. The van der Waals surface area contributed by atoms with Crippen LogP contribution in [0.1, 0.15) is 36.7 Å². The molecule has 3 aromatic carbocycles. The molecule has 0 unspecified atom stereocenters. The molecule has 0 atom stereocenters. The van der Waals surface area contributed by atoms with Crippen molar-refractivity contribution >= 4 is 61.5 Å². The molecule has 15 heteroatoms. The molecule has 5 N–H and O–H groups in total. The van der Waals surface area contributed by atoms with Gasteiger partial charge in [-0.1, -0.05) is 45.0 Å². The third-order valence-electron chi connectivity index (χ3n) is 7.33. The monoisotopic (exact) mass is 700 g/mol. The number of hydrogen-bond acceptors (Lipinski definition) is 10. The lowest BCUT2D eigenvalue weighted by Crippen LogP contribution is -2.22. The van der Waals surface area contributed by atoms with E-state index in [2.05, 4.69) is 30.6 Å². The van der Waals surface area contributed by atoms with Crippen LogP contribution in [0.2, 0.25) is 0 Å². The molecule has 5 rings (SSSR count). The zero-order valence-corrected chi connectivity index (χ0v) is 28.9. The lowest BCUT2D eigenvalue weighted by atomic mass is 9.86. The predicted octanol–water partition coefficient (Wildman–Crippen LogP) is 7.19. The summed E-state index contributed by atoms with van der Waals surface area (Å²) in [6.45, 7) is 5.91. The molecule has 0 fully saturated rings. The van der Waals surface area contributed by atoms with Gasteiger partial charge in [0.05, 0.1) is 37.5 Å². The van der Waals surface area contributed by atoms with E-state index < -0.39 is 22.0 Å². The summed E-state index contributed by atoms with van der Waals surface area (Å²) in [5, 5.41) is 19.4. The Morgan fingerprint density at radius 2 is 1.52 bits per heavy atom. The Balaban J connectivity index is 1.39. The number of ether oxygens (including phenoxy) is 3. The smallest absolute Gasteiger partial charge is 0.341 e. The Labute approximate surface area is 288 Å². The number of benzene rings is 3. The van der Waals surface area contributed by atoms with Crippen LogP contribution in [-0.4, -0.2) is 56.0 Å². The number of aromatic carboxylic acids is 1. The van der Waals surface area contributed by atoms with Crippen molar-refractivity contribution in [3.8, 4) is 23.1 Å². The number of pyridine rings is 2. The maximum absolute atomic E-state index is 13.4. The number of carboxylic acid groups (broad SMARTS) is 1. The highest BCUT2D eigenvalue weighted by atomic mass is 32.2. The minimum atomic E-state index is -3.64. The van der Waals surface area contributed by atoms with Crippen molar-refractivity contribution in [3.05, 3.63) is 90.1 Å². The summed E-state index contributed by atoms with van der Waals surface area (Å²) in [7, 11) is -0.915. The first kappa shape index (κ1) is 35.2. The molecule has 0 aliphatic heterocycles. The van der Waals surface area contributed by atoms with Gasteiger partial charge in [-0.15, -0.1) is 0 Å². The third kappa shape index (κ3) is 8.30. The van der Waals surface area contributed by atoms with E-state index in [1.54, 1.807) is 42.6 Å². The van der Waals surface area contributed by atoms with Gasteiger partial charge in [-0.3, -0.25) is 4.72 Å². The number of nitrogens with zero attached hydrogens (tertiary/aromatic N) is 2. The third-order valence-corrected chi connectivity index (χ3v) is 7.92. The predicted molar refractivity (Wildman–Crippen MR) is 192 cm³/mol. The average molecular weight is 701 g/mol. The summed E-state index contributed by atoms with van der Waals surface area (Å²) in [5.41, 5.74) is 1.30. The maximum Gasteiger partial charge on any atom is 0.341 e. The first-order valence-electron chi connectivity index (χ1n) is 15.1. The van der Waals surface area contributed by atoms with Crippen LogP contribution >= 0.6 is 0 Å². The normalized spacial score (nSPS) is 11.4. The van der Waals surface area contributed by atoms with Crippen molar-refractivity contribution in [2.75, 3.05) is 41.1 Å². The number of carbonyl (C=O) groups excluding carboxylic acids is 1. The van der Waals surface area contributed by atoms with Gasteiger partial charge in [0.15, 0.2) is 5.75 Å². The summed E-state index contributed by atoms with van der Waals surface area (Å²) in [4.78, 5) is 33.3. The Kier molecular flexibility index (Phi) is 9.99. The van der Waals surface area contributed by atoms with Crippen LogP contribution in [0.5, 0.6) is 23.1 Å². The second kappa shape index (κ2) is 14.2. The van der Waals surface area contributed by atoms with E-state index in [9.17, 15) is 23.1 Å². The van der Waals surface area contributed by atoms with Crippen LogP contribution < -0.4 is 34.9 Å².